The summed E-state index contributed by atoms with van der Waals surface area (Å²) in [6.07, 6.45) is 0. The molecule has 0 radical (unpaired) electrons. The van der Waals surface area contributed by atoms with E-state index in [0.29, 0.717) is 38.5 Å². The summed E-state index contributed by atoms with van der Waals surface area (Å²) in [5, 5.41) is 2.80. The van der Waals surface area contributed by atoms with Crippen molar-refractivity contribution in [1.82, 2.24) is 15.1 Å². The van der Waals surface area contributed by atoms with Crippen LogP contribution in [0, 0.1) is 0 Å². The molecule has 0 aliphatic carbocycles. The quantitative estimate of drug-likeness (QED) is 0.707. The molecule has 1 aromatic rings. The number of ether oxygens (including phenoxy) is 1. The van der Waals surface area contributed by atoms with Gasteiger partial charge >= 0.3 is 0 Å². The smallest absolute Gasteiger partial charge is 0.234 e. The van der Waals surface area contributed by atoms with Crippen LogP contribution >= 0.6 is 11.8 Å². The van der Waals surface area contributed by atoms with E-state index in [-0.39, 0.29) is 11.8 Å². The van der Waals surface area contributed by atoms with Crippen molar-refractivity contribution in [3.63, 3.8) is 0 Å². The van der Waals surface area contributed by atoms with E-state index in [2.05, 4.69) is 10.2 Å². The van der Waals surface area contributed by atoms with Crippen LogP contribution in [-0.4, -0.2) is 73.2 Å². The number of rotatable bonds is 8. The first-order valence-corrected chi connectivity index (χ1v) is 9.73. The standard InChI is InChI=1S/C18H27N3O3S/c1-3-19-17(22)13-20-9-11-21(12-10-20)18(23)14-25-16-7-5-15(6-8-16)24-4-2/h5-8H,3-4,9-14H2,1-2H3,(H,19,22). The second-order valence-electron chi connectivity index (χ2n) is 5.80. The Morgan fingerprint density at radius 2 is 1.80 bits per heavy atom. The molecule has 1 fully saturated rings. The number of hydrogen-bond acceptors (Lipinski definition) is 5. The summed E-state index contributed by atoms with van der Waals surface area (Å²) in [4.78, 5) is 29.0. The number of hydrogen-bond donors (Lipinski definition) is 1. The third kappa shape index (κ3) is 6.59. The number of carbonyl (C=O) groups is 2. The molecule has 138 valence electrons. The number of nitrogens with zero attached hydrogens (tertiary/aromatic N) is 2. The number of amides is 2. The van der Waals surface area contributed by atoms with E-state index < -0.39 is 0 Å². The molecule has 0 unspecified atom stereocenters. The first-order valence-electron chi connectivity index (χ1n) is 8.74. The molecule has 0 bridgehead atoms. The topological polar surface area (TPSA) is 61.9 Å². The maximum absolute atomic E-state index is 12.4. The van der Waals surface area contributed by atoms with Gasteiger partial charge in [-0.25, -0.2) is 0 Å². The van der Waals surface area contributed by atoms with Gasteiger partial charge in [0, 0.05) is 37.6 Å². The lowest BCUT2D eigenvalue weighted by Crippen LogP contribution is -2.51. The molecule has 0 spiro atoms. The van der Waals surface area contributed by atoms with Crippen LogP contribution in [0.1, 0.15) is 13.8 Å². The second kappa shape index (κ2) is 10.3. The van der Waals surface area contributed by atoms with E-state index >= 15 is 0 Å². The minimum Gasteiger partial charge on any atom is -0.494 e. The number of thioether (sulfide) groups is 1. The molecule has 1 N–H and O–H groups in total. The van der Waals surface area contributed by atoms with Crippen molar-refractivity contribution in [1.29, 1.82) is 0 Å². The second-order valence-corrected chi connectivity index (χ2v) is 6.85. The van der Waals surface area contributed by atoms with E-state index in [1.807, 2.05) is 43.0 Å². The van der Waals surface area contributed by atoms with Gasteiger partial charge in [0.25, 0.3) is 0 Å². The lowest BCUT2D eigenvalue weighted by Gasteiger charge is -2.34. The monoisotopic (exact) mass is 365 g/mol. The summed E-state index contributed by atoms with van der Waals surface area (Å²) in [5.74, 6) is 1.48. The van der Waals surface area contributed by atoms with Crippen LogP contribution in [0.3, 0.4) is 0 Å². The molecule has 1 saturated heterocycles. The van der Waals surface area contributed by atoms with E-state index in [4.69, 9.17) is 4.74 Å². The van der Waals surface area contributed by atoms with Crippen LogP contribution < -0.4 is 10.1 Å². The molecule has 0 aromatic heterocycles. The lowest BCUT2D eigenvalue weighted by atomic mass is 10.3. The summed E-state index contributed by atoms with van der Waals surface area (Å²) in [7, 11) is 0. The zero-order valence-corrected chi connectivity index (χ0v) is 15.8. The third-order valence-corrected chi connectivity index (χ3v) is 4.96. The van der Waals surface area contributed by atoms with E-state index in [9.17, 15) is 9.59 Å². The number of carbonyl (C=O) groups excluding carboxylic acids is 2. The molecule has 0 atom stereocenters. The average Bonchev–Trinajstić information content (AvgIpc) is 2.62. The molecule has 1 aromatic carbocycles. The van der Waals surface area contributed by atoms with E-state index in [1.54, 1.807) is 11.8 Å². The van der Waals surface area contributed by atoms with Gasteiger partial charge in [0.05, 0.1) is 18.9 Å². The molecule has 6 nitrogen and oxygen atoms in total. The van der Waals surface area contributed by atoms with Crippen molar-refractivity contribution < 1.29 is 14.3 Å². The van der Waals surface area contributed by atoms with Gasteiger partial charge in [0.15, 0.2) is 0 Å². The van der Waals surface area contributed by atoms with E-state index in [1.165, 1.54) is 0 Å². The minimum atomic E-state index is 0.0494. The van der Waals surface area contributed by atoms with Gasteiger partial charge in [-0.2, -0.15) is 0 Å². The van der Waals surface area contributed by atoms with Crippen LogP contribution in [0.15, 0.2) is 29.2 Å². The zero-order chi connectivity index (χ0) is 18.1. The molecule has 2 rings (SSSR count). The Kier molecular flexibility index (Phi) is 8.08. The van der Waals surface area contributed by atoms with Gasteiger partial charge in [-0.15, -0.1) is 11.8 Å². The van der Waals surface area contributed by atoms with Crippen molar-refractivity contribution >= 4 is 23.6 Å². The highest BCUT2D eigenvalue weighted by atomic mass is 32.2. The summed E-state index contributed by atoms with van der Waals surface area (Å²) in [5.41, 5.74) is 0. The van der Waals surface area contributed by atoms with Crippen LogP contribution in [0.4, 0.5) is 0 Å². The Labute approximate surface area is 153 Å². The van der Waals surface area contributed by atoms with Crippen LogP contribution in [-0.2, 0) is 9.59 Å². The highest BCUT2D eigenvalue weighted by Crippen LogP contribution is 2.22. The van der Waals surface area contributed by atoms with Crippen molar-refractivity contribution in [3.8, 4) is 5.75 Å². The SMILES string of the molecule is CCNC(=O)CN1CCN(C(=O)CSc2ccc(OCC)cc2)CC1. The summed E-state index contributed by atoms with van der Waals surface area (Å²) >= 11 is 1.54. The Morgan fingerprint density at radius 3 is 2.40 bits per heavy atom. The van der Waals surface area contributed by atoms with Crippen molar-refractivity contribution in [2.24, 2.45) is 0 Å². The largest absolute Gasteiger partial charge is 0.494 e. The van der Waals surface area contributed by atoms with Crippen LogP contribution in [0.25, 0.3) is 0 Å². The Morgan fingerprint density at radius 1 is 1.12 bits per heavy atom. The molecule has 0 saturated carbocycles. The van der Waals surface area contributed by atoms with E-state index in [0.717, 1.165) is 23.7 Å². The molecule has 1 aliphatic heterocycles. The average molecular weight is 365 g/mol. The lowest BCUT2D eigenvalue weighted by molar-refractivity contribution is -0.130. The van der Waals surface area contributed by atoms with Crippen molar-refractivity contribution in [2.75, 3.05) is 51.6 Å². The Bertz CT molecular complexity index is 557. The summed E-state index contributed by atoms with van der Waals surface area (Å²) in [6.45, 7) is 8.44. The number of likely N-dealkylation sites (N-methyl/N-ethyl adjacent to an activating group) is 1. The first-order chi connectivity index (χ1) is 12.1. The van der Waals surface area contributed by atoms with Crippen LogP contribution in [0.2, 0.25) is 0 Å². The molecular weight excluding hydrogens is 338 g/mol. The zero-order valence-electron chi connectivity index (χ0n) is 15.0. The molecule has 1 heterocycles. The highest BCUT2D eigenvalue weighted by molar-refractivity contribution is 8.00. The van der Waals surface area contributed by atoms with Gasteiger partial charge in [-0.3, -0.25) is 14.5 Å². The van der Waals surface area contributed by atoms with Crippen molar-refractivity contribution in [3.05, 3.63) is 24.3 Å². The molecule has 25 heavy (non-hydrogen) atoms. The fourth-order valence-corrected chi connectivity index (χ4v) is 3.45. The predicted octanol–water partition coefficient (Wildman–Crippen LogP) is 1.46. The number of nitrogens with one attached hydrogen (secondary N) is 1. The predicted molar refractivity (Wildman–Crippen MR) is 100 cm³/mol. The van der Waals surface area contributed by atoms with Gasteiger partial charge < -0.3 is 15.0 Å². The Hall–Kier alpha value is -1.73. The fraction of sp³-hybridized carbons (Fsp3) is 0.556. The highest BCUT2D eigenvalue weighted by Gasteiger charge is 2.22. The normalized spacial score (nSPS) is 15.0. The Balaban J connectivity index is 1.70. The number of piperazine rings is 1. The maximum Gasteiger partial charge on any atom is 0.234 e. The van der Waals surface area contributed by atoms with Gasteiger partial charge in [-0.1, -0.05) is 0 Å². The van der Waals surface area contributed by atoms with Crippen LogP contribution in [0.5, 0.6) is 5.75 Å². The molecular formula is C18H27N3O3S. The summed E-state index contributed by atoms with van der Waals surface area (Å²) < 4.78 is 5.42. The first kappa shape index (κ1) is 19.6. The minimum absolute atomic E-state index is 0.0494. The van der Waals surface area contributed by atoms with Crippen molar-refractivity contribution in [2.45, 2.75) is 18.7 Å². The van der Waals surface area contributed by atoms with Gasteiger partial charge in [-0.05, 0) is 38.1 Å². The van der Waals surface area contributed by atoms with Gasteiger partial charge in [0.2, 0.25) is 11.8 Å². The number of benzene rings is 1. The molecule has 7 heteroatoms. The third-order valence-electron chi connectivity index (χ3n) is 3.96. The van der Waals surface area contributed by atoms with Gasteiger partial charge in [0.1, 0.15) is 5.75 Å². The molecule has 2 amide bonds. The fourth-order valence-electron chi connectivity index (χ4n) is 2.65. The summed E-state index contributed by atoms with van der Waals surface area (Å²) in [6, 6.07) is 7.81. The molecule has 1 aliphatic rings. The maximum atomic E-state index is 12.4.